The fourth-order valence-corrected chi connectivity index (χ4v) is 2.21. The average Bonchev–Trinajstić information content (AvgIpc) is 2.46. The zero-order valence-corrected chi connectivity index (χ0v) is 12.6. The van der Waals surface area contributed by atoms with Gasteiger partial charge in [-0.3, -0.25) is 0 Å². The monoisotopic (exact) mass is 351 g/mol. The normalized spacial score (nSPS) is 10.0. The van der Waals surface area contributed by atoms with Crippen LogP contribution < -0.4 is 10.1 Å². The van der Waals surface area contributed by atoms with Gasteiger partial charge >= 0.3 is 0 Å². The first-order chi connectivity index (χ1) is 10.1. The number of hydrogen-bond acceptors (Lipinski definition) is 2. The van der Waals surface area contributed by atoms with Crippen molar-refractivity contribution in [3.8, 4) is 18.1 Å². The van der Waals surface area contributed by atoms with Crippen molar-refractivity contribution < 1.29 is 13.5 Å². The summed E-state index contributed by atoms with van der Waals surface area (Å²) in [4.78, 5) is 0. The second-order valence-corrected chi connectivity index (χ2v) is 5.11. The summed E-state index contributed by atoms with van der Waals surface area (Å²) in [6, 6.07) is 9.06. The Kier molecular flexibility index (Phi) is 5.18. The Hall–Kier alpha value is -2.06. The molecule has 108 valence electrons. The molecule has 0 atom stereocenters. The maximum atomic E-state index is 13.6. The van der Waals surface area contributed by atoms with E-state index in [2.05, 4.69) is 27.2 Å². The van der Waals surface area contributed by atoms with Crippen LogP contribution in [0.25, 0.3) is 0 Å². The molecule has 0 unspecified atom stereocenters. The first-order valence-electron chi connectivity index (χ1n) is 6.14. The van der Waals surface area contributed by atoms with Crippen molar-refractivity contribution in [1.82, 2.24) is 0 Å². The number of ether oxygens (including phenoxy) is 1. The minimum atomic E-state index is -0.643. The quantitative estimate of drug-likeness (QED) is 0.808. The van der Waals surface area contributed by atoms with Crippen LogP contribution in [0.1, 0.15) is 5.56 Å². The van der Waals surface area contributed by atoms with E-state index in [1.54, 1.807) is 18.2 Å². The van der Waals surface area contributed by atoms with Gasteiger partial charge in [0.15, 0.2) is 0 Å². The number of para-hydroxylation sites is 1. The summed E-state index contributed by atoms with van der Waals surface area (Å²) in [5.41, 5.74) is 0.572. The standard InChI is InChI=1S/C16H12BrF2NO/c1-2-8-21-15-7-6-12(17)9-11(15)10-20-16-13(18)4-3-5-14(16)19/h1,3-7,9,20H,8,10H2. The SMILES string of the molecule is C#CCOc1ccc(Br)cc1CNc1c(F)cccc1F. The van der Waals surface area contributed by atoms with E-state index >= 15 is 0 Å². The van der Waals surface area contributed by atoms with Gasteiger partial charge < -0.3 is 10.1 Å². The lowest BCUT2D eigenvalue weighted by Gasteiger charge is -2.13. The molecule has 2 rings (SSSR count). The molecular formula is C16H12BrF2NO. The molecule has 2 aromatic rings. The number of halogens is 3. The van der Waals surface area contributed by atoms with Gasteiger partial charge in [-0.1, -0.05) is 27.9 Å². The molecule has 0 aliphatic heterocycles. The fraction of sp³-hybridized carbons (Fsp3) is 0.125. The number of benzene rings is 2. The molecule has 0 saturated carbocycles. The molecule has 0 fully saturated rings. The van der Waals surface area contributed by atoms with Crippen LogP contribution in [-0.2, 0) is 6.54 Å². The summed E-state index contributed by atoms with van der Waals surface area (Å²) < 4.78 is 33.4. The Morgan fingerprint density at radius 1 is 1.19 bits per heavy atom. The Balaban J connectivity index is 2.19. The van der Waals surface area contributed by atoms with Crippen molar-refractivity contribution in [3.63, 3.8) is 0 Å². The van der Waals surface area contributed by atoms with Crippen LogP contribution >= 0.6 is 15.9 Å². The first-order valence-corrected chi connectivity index (χ1v) is 6.93. The summed E-state index contributed by atoms with van der Waals surface area (Å²) in [5, 5.41) is 2.74. The Labute approximate surface area is 130 Å². The summed E-state index contributed by atoms with van der Waals surface area (Å²) in [6.07, 6.45) is 5.16. The third-order valence-corrected chi connectivity index (χ3v) is 3.25. The molecule has 2 nitrogen and oxygen atoms in total. The van der Waals surface area contributed by atoms with Crippen LogP contribution in [0.4, 0.5) is 14.5 Å². The summed E-state index contributed by atoms with van der Waals surface area (Å²) in [5.74, 6) is 1.66. The largest absolute Gasteiger partial charge is 0.481 e. The maximum Gasteiger partial charge on any atom is 0.149 e. The number of anilines is 1. The molecule has 0 aromatic heterocycles. The van der Waals surface area contributed by atoms with E-state index in [9.17, 15) is 8.78 Å². The summed E-state index contributed by atoms with van der Waals surface area (Å²) >= 11 is 3.35. The van der Waals surface area contributed by atoms with Crippen molar-refractivity contribution in [2.75, 3.05) is 11.9 Å². The van der Waals surface area contributed by atoms with Crippen molar-refractivity contribution in [2.45, 2.75) is 6.54 Å². The first kappa shape index (κ1) is 15.3. The molecular weight excluding hydrogens is 340 g/mol. The molecule has 0 aliphatic rings. The zero-order chi connectivity index (χ0) is 15.2. The van der Waals surface area contributed by atoms with E-state index in [1.165, 1.54) is 18.2 Å². The number of rotatable bonds is 5. The zero-order valence-electron chi connectivity index (χ0n) is 11.0. The highest BCUT2D eigenvalue weighted by Gasteiger charge is 2.10. The number of hydrogen-bond donors (Lipinski definition) is 1. The average molecular weight is 352 g/mol. The molecule has 0 aliphatic carbocycles. The van der Waals surface area contributed by atoms with Gasteiger partial charge in [-0.25, -0.2) is 8.78 Å². The van der Waals surface area contributed by atoms with Gasteiger partial charge in [0.25, 0.3) is 0 Å². The second-order valence-electron chi connectivity index (χ2n) is 4.20. The number of terminal acetylenes is 1. The highest BCUT2D eigenvalue weighted by atomic mass is 79.9. The summed E-state index contributed by atoms with van der Waals surface area (Å²) in [7, 11) is 0. The van der Waals surface area contributed by atoms with Gasteiger partial charge in [0.1, 0.15) is 29.7 Å². The molecule has 5 heteroatoms. The van der Waals surface area contributed by atoms with Gasteiger partial charge in [-0.05, 0) is 30.3 Å². The maximum absolute atomic E-state index is 13.6. The third-order valence-electron chi connectivity index (χ3n) is 2.75. The van der Waals surface area contributed by atoms with Crippen LogP contribution in [0.5, 0.6) is 5.75 Å². The van der Waals surface area contributed by atoms with E-state index in [4.69, 9.17) is 11.2 Å². The molecule has 0 bridgehead atoms. The van der Waals surface area contributed by atoms with Gasteiger partial charge in [0.2, 0.25) is 0 Å². The smallest absolute Gasteiger partial charge is 0.149 e. The Bertz CT molecular complexity index is 662. The minimum absolute atomic E-state index is 0.128. The molecule has 21 heavy (non-hydrogen) atoms. The molecule has 0 radical (unpaired) electrons. The predicted molar refractivity (Wildman–Crippen MR) is 82.2 cm³/mol. The Morgan fingerprint density at radius 2 is 1.90 bits per heavy atom. The van der Waals surface area contributed by atoms with Crippen LogP contribution in [0, 0.1) is 24.0 Å². The molecule has 0 spiro atoms. The van der Waals surface area contributed by atoms with Crippen LogP contribution in [0.15, 0.2) is 40.9 Å². The van der Waals surface area contributed by atoms with Crippen molar-refractivity contribution in [2.24, 2.45) is 0 Å². The van der Waals surface area contributed by atoms with E-state index < -0.39 is 11.6 Å². The van der Waals surface area contributed by atoms with Gasteiger partial charge in [0, 0.05) is 16.6 Å². The van der Waals surface area contributed by atoms with Crippen LogP contribution in [-0.4, -0.2) is 6.61 Å². The summed E-state index contributed by atoms with van der Waals surface area (Å²) in [6.45, 7) is 0.333. The van der Waals surface area contributed by atoms with Gasteiger partial charge in [-0.15, -0.1) is 6.42 Å². The van der Waals surface area contributed by atoms with Crippen molar-refractivity contribution in [3.05, 3.63) is 58.1 Å². The van der Waals surface area contributed by atoms with E-state index in [-0.39, 0.29) is 18.8 Å². The molecule has 0 heterocycles. The molecule has 1 N–H and O–H groups in total. The van der Waals surface area contributed by atoms with Gasteiger partial charge in [0.05, 0.1) is 0 Å². The van der Waals surface area contributed by atoms with Crippen molar-refractivity contribution in [1.29, 1.82) is 0 Å². The van der Waals surface area contributed by atoms with Gasteiger partial charge in [-0.2, -0.15) is 0 Å². The highest BCUT2D eigenvalue weighted by Crippen LogP contribution is 2.25. The Morgan fingerprint density at radius 3 is 2.57 bits per heavy atom. The lowest BCUT2D eigenvalue weighted by molar-refractivity contribution is 0.366. The minimum Gasteiger partial charge on any atom is -0.481 e. The molecule has 2 aromatic carbocycles. The lowest BCUT2D eigenvalue weighted by Crippen LogP contribution is -2.06. The third kappa shape index (κ3) is 3.96. The topological polar surface area (TPSA) is 21.3 Å². The van der Waals surface area contributed by atoms with E-state index in [1.807, 2.05) is 0 Å². The number of nitrogens with one attached hydrogen (secondary N) is 1. The van der Waals surface area contributed by atoms with Crippen molar-refractivity contribution >= 4 is 21.6 Å². The van der Waals surface area contributed by atoms with E-state index in [0.717, 1.165) is 10.0 Å². The molecule has 0 amide bonds. The second kappa shape index (κ2) is 7.09. The van der Waals surface area contributed by atoms with Crippen LogP contribution in [0.2, 0.25) is 0 Å². The highest BCUT2D eigenvalue weighted by molar-refractivity contribution is 9.10. The van der Waals surface area contributed by atoms with E-state index in [0.29, 0.717) is 5.75 Å². The predicted octanol–water partition coefficient (Wildman–Crippen LogP) is 4.35. The molecule has 0 saturated heterocycles. The van der Waals surface area contributed by atoms with Crippen LogP contribution in [0.3, 0.4) is 0 Å². The fourth-order valence-electron chi connectivity index (χ4n) is 1.80. The lowest BCUT2D eigenvalue weighted by atomic mass is 10.2.